The predicted molar refractivity (Wildman–Crippen MR) is 84.2 cm³/mol. The van der Waals surface area contributed by atoms with Crippen LogP contribution in [0.25, 0.3) is 0 Å². The van der Waals surface area contributed by atoms with E-state index >= 15 is 0 Å². The predicted octanol–water partition coefficient (Wildman–Crippen LogP) is 1.73. The summed E-state index contributed by atoms with van der Waals surface area (Å²) in [6.07, 6.45) is 1.81. The molecule has 0 amide bonds. The maximum atomic E-state index is 12.8. The fraction of sp³-hybridized carbons (Fsp3) is 0.467. The van der Waals surface area contributed by atoms with Gasteiger partial charge in [-0.15, -0.1) is 0 Å². The van der Waals surface area contributed by atoms with E-state index in [1.54, 1.807) is 6.07 Å². The van der Waals surface area contributed by atoms with Gasteiger partial charge in [0, 0.05) is 0 Å². The van der Waals surface area contributed by atoms with Gasteiger partial charge >= 0.3 is 137 Å². The van der Waals surface area contributed by atoms with Crippen LogP contribution < -0.4 is 5.73 Å². The van der Waals surface area contributed by atoms with Gasteiger partial charge in [-0.3, -0.25) is 0 Å². The number of Topliss-reactive ketones (excluding diaryl/α,β-unsaturated/α-hetero) is 1. The third-order valence-corrected chi connectivity index (χ3v) is 5.26. The topological polar surface area (TPSA) is 64.7 Å². The van der Waals surface area contributed by atoms with Crippen molar-refractivity contribution in [1.82, 2.24) is 0 Å². The van der Waals surface area contributed by atoms with E-state index in [0.29, 0.717) is 22.7 Å². The number of nitrogens with two attached hydrogens (primary N) is 1. The van der Waals surface area contributed by atoms with Gasteiger partial charge in [0.05, 0.1) is 0 Å². The minimum atomic E-state index is -0.922. The van der Waals surface area contributed by atoms with Gasteiger partial charge in [0.1, 0.15) is 0 Å². The van der Waals surface area contributed by atoms with Gasteiger partial charge in [0.25, 0.3) is 0 Å². The van der Waals surface area contributed by atoms with Crippen molar-refractivity contribution in [3.05, 3.63) is 34.9 Å². The van der Waals surface area contributed by atoms with Gasteiger partial charge in [0.2, 0.25) is 0 Å². The minimum absolute atomic E-state index is 0.00314. The third-order valence-electron chi connectivity index (χ3n) is 4.10. The summed E-state index contributed by atoms with van der Waals surface area (Å²) in [6.45, 7) is 0. The number of nitrogens with zero attached hydrogens (tertiary/aromatic N) is 1. The number of ether oxygens (including phenoxy) is 1. The van der Waals surface area contributed by atoms with Crippen molar-refractivity contribution in [3.8, 4) is 0 Å². The van der Waals surface area contributed by atoms with Crippen LogP contribution in [0.1, 0.15) is 24.8 Å². The molecular weight excluding hydrogens is 355 g/mol. The summed E-state index contributed by atoms with van der Waals surface area (Å²) in [5, 5.41) is 1.23. The number of rotatable bonds is 3. The first kappa shape index (κ1) is 15.0. The molecule has 2 N–H and O–H groups in total. The van der Waals surface area contributed by atoms with Crippen LogP contribution in [0.3, 0.4) is 0 Å². The first-order valence-electron chi connectivity index (χ1n) is 7.00. The number of aliphatic imine (C=N–C) groups is 1. The number of fused-ring (bicyclic) bond motifs is 2. The van der Waals surface area contributed by atoms with Crippen molar-refractivity contribution in [2.75, 3.05) is 0 Å². The molecule has 1 heterocycles. The molecular formula is C15H17ClN2O2Se. The van der Waals surface area contributed by atoms with Gasteiger partial charge in [-0.2, -0.15) is 0 Å². The van der Waals surface area contributed by atoms with Crippen molar-refractivity contribution >= 4 is 39.3 Å². The van der Waals surface area contributed by atoms with Crippen LogP contribution in [0.4, 0.5) is 0 Å². The molecule has 1 saturated carbocycles. The van der Waals surface area contributed by atoms with Crippen LogP contribution in [0.2, 0.25) is 10.3 Å². The Morgan fingerprint density at radius 3 is 3.00 bits per heavy atom. The molecule has 1 fully saturated rings. The Morgan fingerprint density at radius 2 is 2.29 bits per heavy atom. The van der Waals surface area contributed by atoms with E-state index in [4.69, 9.17) is 22.1 Å². The molecule has 0 spiro atoms. The van der Waals surface area contributed by atoms with Crippen molar-refractivity contribution in [2.45, 2.75) is 42.3 Å². The number of carbonyl (C=O) groups excluding carboxylic acids is 1. The second kappa shape index (κ2) is 5.73. The van der Waals surface area contributed by atoms with Gasteiger partial charge < -0.3 is 0 Å². The summed E-state index contributed by atoms with van der Waals surface area (Å²) in [5.74, 6) is 0.475. The molecule has 1 aliphatic heterocycles. The average Bonchev–Trinajstić information content (AvgIpc) is 2.47. The van der Waals surface area contributed by atoms with Crippen LogP contribution in [0, 0.1) is 0 Å². The molecule has 0 saturated heterocycles. The van der Waals surface area contributed by atoms with Crippen LogP contribution in [-0.4, -0.2) is 39.8 Å². The number of carbonyl (C=O) groups is 1. The molecule has 2 bridgehead atoms. The molecule has 0 radical (unpaired) electrons. The normalized spacial score (nSPS) is 29.6. The first-order valence-corrected chi connectivity index (χ1v) is 8.71. The van der Waals surface area contributed by atoms with E-state index in [1.807, 2.05) is 18.2 Å². The molecule has 1 aromatic carbocycles. The molecule has 1 unspecified atom stereocenters. The molecule has 3 atom stereocenters. The van der Waals surface area contributed by atoms with Crippen LogP contribution in [-0.2, 0) is 15.1 Å². The summed E-state index contributed by atoms with van der Waals surface area (Å²) < 4.78 is 5.73. The number of halogens is 1. The number of hydrogen-bond donors (Lipinski definition) is 1. The van der Waals surface area contributed by atoms with Crippen molar-refractivity contribution in [2.24, 2.45) is 10.7 Å². The second-order valence-corrected chi connectivity index (χ2v) is 6.62. The molecule has 1 aliphatic carbocycles. The fourth-order valence-corrected chi connectivity index (χ4v) is 3.64. The van der Waals surface area contributed by atoms with E-state index in [-0.39, 0.29) is 11.8 Å². The summed E-state index contributed by atoms with van der Waals surface area (Å²) >= 11 is 8.76. The SMILES string of the molecule is NC(C[SeH])C1=N[C@@]2(c3ccccc3Cl)CCC[C@@H](O1)C2=O. The molecule has 4 nitrogen and oxygen atoms in total. The van der Waals surface area contributed by atoms with E-state index in [9.17, 15) is 4.79 Å². The second-order valence-electron chi connectivity index (χ2n) is 5.44. The van der Waals surface area contributed by atoms with Crippen molar-refractivity contribution < 1.29 is 9.53 Å². The average molecular weight is 372 g/mol. The first-order chi connectivity index (χ1) is 10.1. The molecule has 1 aromatic rings. The van der Waals surface area contributed by atoms with E-state index in [1.165, 1.54) is 0 Å². The Kier molecular flexibility index (Phi) is 4.10. The Morgan fingerprint density at radius 1 is 1.52 bits per heavy atom. The van der Waals surface area contributed by atoms with Crippen molar-refractivity contribution in [1.29, 1.82) is 0 Å². The standard InChI is InChI=1S/C15H17ClN2O2Se/c16-10-5-2-1-4-9(10)15-7-3-6-12(13(15)19)20-14(18-15)11(17)8-21/h1-2,4-5,11-12,21H,3,6-8,17H2/t11?,12-,15-/m1/s1. The summed E-state index contributed by atoms with van der Waals surface area (Å²) in [4.78, 5) is 17.4. The summed E-state index contributed by atoms with van der Waals surface area (Å²) in [7, 11) is 0. The Hall–Kier alpha value is -0.871. The molecule has 0 aromatic heterocycles. The molecule has 21 heavy (non-hydrogen) atoms. The number of benzene rings is 1. The van der Waals surface area contributed by atoms with E-state index in [2.05, 4.69) is 21.0 Å². The number of ketones is 1. The third kappa shape index (κ3) is 2.42. The van der Waals surface area contributed by atoms with E-state index in [0.717, 1.165) is 18.4 Å². The van der Waals surface area contributed by atoms with Crippen LogP contribution >= 0.6 is 11.6 Å². The van der Waals surface area contributed by atoms with Gasteiger partial charge in [-0.1, -0.05) is 0 Å². The van der Waals surface area contributed by atoms with Gasteiger partial charge in [0.15, 0.2) is 0 Å². The molecule has 6 heteroatoms. The van der Waals surface area contributed by atoms with Crippen molar-refractivity contribution in [3.63, 3.8) is 0 Å². The summed E-state index contributed by atoms with van der Waals surface area (Å²) in [6, 6.07) is 7.10. The molecule has 3 rings (SSSR count). The maximum absolute atomic E-state index is 12.8. The Bertz CT molecular complexity index is 607. The zero-order valence-electron chi connectivity index (χ0n) is 11.5. The monoisotopic (exact) mass is 372 g/mol. The fourth-order valence-electron chi connectivity index (χ4n) is 3.02. The summed E-state index contributed by atoms with van der Waals surface area (Å²) in [5.41, 5.74) is 5.90. The van der Waals surface area contributed by atoms with Crippen LogP contribution in [0.15, 0.2) is 29.3 Å². The molecule has 2 aliphatic rings. The Labute approximate surface area is 136 Å². The van der Waals surface area contributed by atoms with Gasteiger partial charge in [-0.25, -0.2) is 0 Å². The zero-order chi connectivity index (χ0) is 15.0. The molecule has 112 valence electrons. The Balaban J connectivity index is 2.16. The quantitative estimate of drug-likeness (QED) is 0.823. The van der Waals surface area contributed by atoms with Crippen LogP contribution in [0.5, 0.6) is 0 Å². The number of hydrogen-bond acceptors (Lipinski definition) is 4. The van der Waals surface area contributed by atoms with Gasteiger partial charge in [-0.05, 0) is 0 Å². The zero-order valence-corrected chi connectivity index (χ0v) is 14.1. The van der Waals surface area contributed by atoms with E-state index < -0.39 is 11.6 Å².